The van der Waals surface area contributed by atoms with Gasteiger partial charge in [0.05, 0.1) is 10.5 Å². The largest absolute Gasteiger partial charge is 0.504 e. The monoisotopic (exact) mass is 634 g/mol. The molecular weight excluding hydrogens is 594 g/mol. The SMILES string of the molecule is C=C(NCC(c1cc(N(C)O)c(O)c(-c2cc(C)c(F)cc2F)n1)C1CC1)c1cc(C)c2ncc(Cl)cc2c1.C=C1CC1.CC. The van der Waals surface area contributed by atoms with Crippen LogP contribution < -0.4 is 10.4 Å². The van der Waals surface area contributed by atoms with Gasteiger partial charge in [0.25, 0.3) is 0 Å². The van der Waals surface area contributed by atoms with Gasteiger partial charge < -0.3 is 10.4 Å². The van der Waals surface area contributed by atoms with Crippen LogP contribution in [-0.2, 0) is 0 Å². The number of aryl methyl sites for hydroxylation is 2. The van der Waals surface area contributed by atoms with Gasteiger partial charge >= 0.3 is 0 Å². The van der Waals surface area contributed by atoms with E-state index in [1.165, 1.54) is 38.5 Å². The van der Waals surface area contributed by atoms with Gasteiger partial charge in [-0.3, -0.25) is 15.3 Å². The van der Waals surface area contributed by atoms with E-state index in [1.807, 2.05) is 39.0 Å². The Morgan fingerprint density at radius 2 is 1.73 bits per heavy atom. The molecule has 6 nitrogen and oxygen atoms in total. The Labute approximate surface area is 269 Å². The maximum absolute atomic E-state index is 14.8. The first kappa shape index (κ1) is 33.9. The number of allylic oxidation sites excluding steroid dienone is 1. The molecule has 238 valence electrons. The van der Waals surface area contributed by atoms with Crippen LogP contribution in [0.4, 0.5) is 14.5 Å². The number of hydrogen-bond donors (Lipinski definition) is 3. The van der Waals surface area contributed by atoms with Crippen molar-refractivity contribution in [2.75, 3.05) is 18.7 Å². The topological polar surface area (TPSA) is 81.5 Å². The highest BCUT2D eigenvalue weighted by Gasteiger charge is 2.35. The van der Waals surface area contributed by atoms with Gasteiger partial charge in [-0.25, -0.2) is 13.8 Å². The molecule has 9 heteroatoms. The first-order chi connectivity index (χ1) is 21.4. The van der Waals surface area contributed by atoms with E-state index in [0.717, 1.165) is 46.0 Å². The maximum atomic E-state index is 14.8. The quantitative estimate of drug-likeness (QED) is 0.132. The predicted octanol–water partition coefficient (Wildman–Crippen LogP) is 9.49. The fourth-order valence-electron chi connectivity index (χ4n) is 5.02. The van der Waals surface area contributed by atoms with E-state index >= 15 is 0 Å². The van der Waals surface area contributed by atoms with Crippen LogP contribution in [0.5, 0.6) is 5.75 Å². The van der Waals surface area contributed by atoms with E-state index in [1.54, 1.807) is 12.3 Å². The molecule has 0 aliphatic heterocycles. The smallest absolute Gasteiger partial charge is 0.168 e. The van der Waals surface area contributed by atoms with E-state index in [-0.39, 0.29) is 34.2 Å². The van der Waals surface area contributed by atoms with Crippen LogP contribution in [0.3, 0.4) is 0 Å². The zero-order valence-electron chi connectivity index (χ0n) is 26.5. The molecule has 45 heavy (non-hydrogen) atoms. The number of aromatic hydroxyl groups is 1. The Morgan fingerprint density at radius 3 is 2.33 bits per heavy atom. The molecule has 2 saturated carbocycles. The Balaban J connectivity index is 0.000000700. The second-order valence-corrected chi connectivity index (χ2v) is 11.9. The standard InChI is InChI=1S/C30H29ClF2N4O2.C4H6.C2H6/c1-15-8-22(25(33)11-24(15)32)29-30(38)27(37(4)39)12-26(36-29)23(18-5-6-18)14-34-17(3)19-7-16(2)28-20(9-19)10-21(31)13-35-28;1-4-2-3-4;1-2/h7-13,18,23,34,38-39H,3,5-6,14H2,1-2,4H3;1-3H2;1-2H3. The van der Waals surface area contributed by atoms with Gasteiger partial charge in [0.2, 0.25) is 0 Å². The van der Waals surface area contributed by atoms with Crippen molar-refractivity contribution in [1.29, 1.82) is 0 Å². The summed E-state index contributed by atoms with van der Waals surface area (Å²) in [5.74, 6) is -1.72. The summed E-state index contributed by atoms with van der Waals surface area (Å²) in [5.41, 5.74) is 5.68. The first-order valence-corrected chi connectivity index (χ1v) is 15.6. The lowest BCUT2D eigenvalue weighted by atomic mass is 9.96. The molecular formula is C36H41ClF2N4O2. The molecule has 4 aromatic rings. The average molecular weight is 635 g/mol. The molecule has 0 bridgehead atoms. The van der Waals surface area contributed by atoms with E-state index in [9.17, 15) is 19.1 Å². The summed E-state index contributed by atoms with van der Waals surface area (Å²) < 4.78 is 28.8. The van der Waals surface area contributed by atoms with Gasteiger partial charge in [-0.05, 0) is 92.5 Å². The molecule has 2 aliphatic carbocycles. The van der Waals surface area contributed by atoms with Crippen LogP contribution >= 0.6 is 11.6 Å². The highest BCUT2D eigenvalue weighted by atomic mass is 35.5. The number of aromatic nitrogens is 2. The highest BCUT2D eigenvalue weighted by molar-refractivity contribution is 6.31. The number of nitrogens with zero attached hydrogens (tertiary/aromatic N) is 3. The number of fused-ring (bicyclic) bond motifs is 1. The van der Waals surface area contributed by atoms with Crippen LogP contribution in [0.1, 0.15) is 67.8 Å². The van der Waals surface area contributed by atoms with Gasteiger partial charge in [0, 0.05) is 54.1 Å². The van der Waals surface area contributed by atoms with Gasteiger partial charge in [-0.2, -0.15) is 0 Å². The zero-order valence-corrected chi connectivity index (χ0v) is 27.3. The molecule has 6 rings (SSSR count). The summed E-state index contributed by atoms with van der Waals surface area (Å²) in [7, 11) is 1.37. The lowest BCUT2D eigenvalue weighted by Crippen LogP contribution is -2.23. The average Bonchev–Trinajstić information content (AvgIpc) is 3.95. The second-order valence-electron chi connectivity index (χ2n) is 11.4. The van der Waals surface area contributed by atoms with Gasteiger partial charge in [-0.15, -0.1) is 0 Å². The molecule has 0 amide bonds. The Bertz CT molecular complexity index is 1730. The molecule has 3 N–H and O–H groups in total. The summed E-state index contributed by atoms with van der Waals surface area (Å²) in [6.45, 7) is 15.9. The van der Waals surface area contributed by atoms with Crippen molar-refractivity contribution in [3.05, 3.63) is 100 Å². The van der Waals surface area contributed by atoms with Crippen molar-refractivity contribution in [1.82, 2.24) is 15.3 Å². The van der Waals surface area contributed by atoms with Crippen molar-refractivity contribution < 1.29 is 19.1 Å². The molecule has 2 fully saturated rings. The number of benzene rings is 2. The molecule has 0 spiro atoms. The fraction of sp³-hybridized carbons (Fsp3) is 0.333. The molecule has 2 aliphatic rings. The zero-order chi connectivity index (χ0) is 33.0. The Kier molecular flexibility index (Phi) is 10.8. The summed E-state index contributed by atoms with van der Waals surface area (Å²) in [6.07, 6.45) is 6.19. The van der Waals surface area contributed by atoms with Crippen LogP contribution in [-0.4, -0.2) is 33.9 Å². The maximum Gasteiger partial charge on any atom is 0.168 e. The summed E-state index contributed by atoms with van der Waals surface area (Å²) in [4.78, 5) is 9.07. The van der Waals surface area contributed by atoms with E-state index in [4.69, 9.17) is 11.6 Å². The van der Waals surface area contributed by atoms with E-state index in [0.29, 0.717) is 28.9 Å². The number of anilines is 1. The third kappa shape index (κ3) is 8.18. The first-order valence-electron chi connectivity index (χ1n) is 15.2. The van der Waals surface area contributed by atoms with E-state index < -0.39 is 11.6 Å². The summed E-state index contributed by atoms with van der Waals surface area (Å²) in [5, 5.41) is 26.8. The molecule has 2 aromatic heterocycles. The lowest BCUT2D eigenvalue weighted by molar-refractivity contribution is 0.275. The number of halogens is 3. The third-order valence-electron chi connectivity index (χ3n) is 7.84. The van der Waals surface area contributed by atoms with Crippen LogP contribution in [0.25, 0.3) is 27.9 Å². The van der Waals surface area contributed by atoms with Gasteiger partial charge in [-0.1, -0.05) is 44.2 Å². The highest BCUT2D eigenvalue weighted by Crippen LogP contribution is 2.45. The molecule has 2 aromatic carbocycles. The van der Waals surface area contributed by atoms with Gasteiger partial charge in [0.15, 0.2) is 5.75 Å². The minimum Gasteiger partial charge on any atom is -0.504 e. The van der Waals surface area contributed by atoms with Gasteiger partial charge in [0.1, 0.15) is 23.0 Å². The number of rotatable bonds is 8. The number of nitrogens with one attached hydrogen (secondary N) is 1. The lowest BCUT2D eigenvalue weighted by Gasteiger charge is -2.23. The van der Waals surface area contributed by atoms with Crippen molar-refractivity contribution in [3.63, 3.8) is 0 Å². The number of hydrogen-bond acceptors (Lipinski definition) is 6. The minimum atomic E-state index is -0.847. The van der Waals surface area contributed by atoms with Crippen LogP contribution in [0, 0.1) is 31.4 Å². The second kappa shape index (κ2) is 14.4. The normalized spacial score (nSPS) is 14.1. The van der Waals surface area contributed by atoms with E-state index in [2.05, 4.69) is 28.4 Å². The Morgan fingerprint density at radius 1 is 1.07 bits per heavy atom. The van der Waals surface area contributed by atoms with Crippen molar-refractivity contribution >= 4 is 33.9 Å². The number of pyridine rings is 2. The molecule has 1 unspecified atom stereocenters. The van der Waals surface area contributed by atoms with Crippen molar-refractivity contribution in [2.24, 2.45) is 5.92 Å². The Hall–Kier alpha value is -4.01. The predicted molar refractivity (Wildman–Crippen MR) is 180 cm³/mol. The molecule has 0 radical (unpaired) electrons. The van der Waals surface area contributed by atoms with Crippen molar-refractivity contribution in [2.45, 2.75) is 59.3 Å². The molecule has 2 heterocycles. The van der Waals surface area contributed by atoms with Crippen molar-refractivity contribution in [3.8, 4) is 17.0 Å². The fourth-order valence-corrected chi connectivity index (χ4v) is 5.19. The summed E-state index contributed by atoms with van der Waals surface area (Å²) >= 11 is 6.16. The third-order valence-corrected chi connectivity index (χ3v) is 8.05. The molecule has 1 atom stereocenters. The number of hydroxylamine groups is 1. The minimum absolute atomic E-state index is 0.0397. The summed E-state index contributed by atoms with van der Waals surface area (Å²) in [6, 6.07) is 9.56. The van der Waals surface area contributed by atoms with Crippen LogP contribution in [0.15, 0.2) is 61.3 Å². The van der Waals surface area contributed by atoms with Crippen LogP contribution in [0.2, 0.25) is 5.02 Å². The molecule has 0 saturated heterocycles.